The number of carboxylic acid groups (broad SMARTS) is 1. The third kappa shape index (κ3) is 11.2. The van der Waals surface area contributed by atoms with Gasteiger partial charge < -0.3 is 110 Å². The number of hydrogen-bond donors (Lipinski definition) is 17. The van der Waals surface area contributed by atoms with Crippen molar-refractivity contribution >= 4 is 5.97 Å². The fourth-order valence-corrected chi connectivity index (χ4v) is 12.0. The molecule has 2 bridgehead atoms. The zero-order valence-corrected chi connectivity index (χ0v) is 37.9. The largest absolute Gasteiger partial charge is 0.481 e. The molecule has 67 heavy (non-hydrogen) atoms. The zero-order valence-electron chi connectivity index (χ0n) is 37.9. The van der Waals surface area contributed by atoms with Gasteiger partial charge in [-0.25, -0.2) is 0 Å². The van der Waals surface area contributed by atoms with E-state index in [0.29, 0.717) is 44.1 Å². The van der Waals surface area contributed by atoms with Crippen LogP contribution in [0.2, 0.25) is 0 Å². The Morgan fingerprint density at radius 2 is 1.34 bits per heavy atom. The van der Waals surface area contributed by atoms with Crippen LogP contribution in [0.4, 0.5) is 0 Å². The van der Waals surface area contributed by atoms with Gasteiger partial charge in [-0.1, -0.05) is 19.9 Å². The van der Waals surface area contributed by atoms with Gasteiger partial charge in [0.05, 0.1) is 36.4 Å². The fourth-order valence-electron chi connectivity index (χ4n) is 12.0. The quantitative estimate of drug-likeness (QED) is 0.0248. The number of aliphatic hydroxyl groups excluding tert-OH is 16. The van der Waals surface area contributed by atoms with Gasteiger partial charge in [-0.15, -0.1) is 0 Å². The second kappa shape index (κ2) is 22.5. The molecule has 23 heteroatoms. The number of ether oxygens (including phenoxy) is 5. The Labute approximate surface area is 387 Å². The highest BCUT2D eigenvalue weighted by molar-refractivity contribution is 5.75. The molecular formula is C44H74O23. The van der Waals surface area contributed by atoms with E-state index in [1.54, 1.807) is 0 Å². The molecule has 0 radical (unpaired) electrons. The molecule has 5 aliphatic rings. The first-order valence-electron chi connectivity index (χ1n) is 23.0. The summed E-state index contributed by atoms with van der Waals surface area (Å²) in [6.07, 6.45) is -28.3. The second-order valence-corrected chi connectivity index (χ2v) is 19.8. The lowest BCUT2D eigenvalue weighted by Gasteiger charge is -2.63. The first-order valence-corrected chi connectivity index (χ1v) is 23.0. The third-order valence-electron chi connectivity index (χ3n) is 15.7. The Hall–Kier alpha value is -2.21. The van der Waals surface area contributed by atoms with Crippen LogP contribution in [-0.2, 0) is 28.5 Å². The molecule has 5 rings (SSSR count). The lowest BCUT2D eigenvalue weighted by atomic mass is 9.41. The molecule has 388 valence electrons. The van der Waals surface area contributed by atoms with Gasteiger partial charge in [-0.05, 0) is 99.4 Å². The Kier molecular flexibility index (Phi) is 18.7. The van der Waals surface area contributed by atoms with Crippen molar-refractivity contribution in [3.8, 4) is 0 Å². The molecule has 0 aromatic carbocycles. The van der Waals surface area contributed by atoms with E-state index in [9.17, 15) is 86.5 Å². The smallest absolute Gasteiger partial charge is 0.309 e. The van der Waals surface area contributed by atoms with E-state index in [1.807, 2.05) is 6.92 Å². The van der Waals surface area contributed by atoms with Crippen LogP contribution in [-0.4, -0.2) is 217 Å². The standard InChI is InChI=1S/C44H74O23/c1-20-17-43-12-5-25-41(2,10-4-11-42(25,3)40(61)62)26(43)6-13-44(20,19-43)67-38(60)35(66-39-33(57)30(54)29(53)24(18-47)64-39)34(65-37(59)32(56)28(52)22(49)8-15-46)23(50)9-16-63-36(58)31(55)27(51)21(48)7-14-45/h21-33,36-39,45-60H,1,4-19H2,2-3H3,(H,61,62)/b35-34-/t21?,22?,23?,24?,25?,26-,27?,28?,29?,30?,31?,32?,33?,36?,37?,38?,39?,41+,42+,43?,44?/m0/s1. The Morgan fingerprint density at radius 3 is 1.93 bits per heavy atom. The van der Waals surface area contributed by atoms with Crippen LogP contribution < -0.4 is 0 Å². The van der Waals surface area contributed by atoms with Gasteiger partial charge >= 0.3 is 5.97 Å². The summed E-state index contributed by atoms with van der Waals surface area (Å²) < 4.78 is 28.7. The summed E-state index contributed by atoms with van der Waals surface area (Å²) in [5, 5.41) is 179. The highest BCUT2D eigenvalue weighted by atomic mass is 16.7. The average molecular weight is 971 g/mol. The molecule has 4 saturated carbocycles. The van der Waals surface area contributed by atoms with Gasteiger partial charge in [0.2, 0.25) is 18.9 Å². The predicted octanol–water partition coefficient (Wildman–Crippen LogP) is -4.12. The van der Waals surface area contributed by atoms with Crippen molar-refractivity contribution in [3.05, 3.63) is 23.7 Å². The van der Waals surface area contributed by atoms with Crippen molar-refractivity contribution in [3.63, 3.8) is 0 Å². The van der Waals surface area contributed by atoms with Crippen LogP contribution in [0.1, 0.15) is 90.9 Å². The van der Waals surface area contributed by atoms with Crippen molar-refractivity contribution in [2.75, 3.05) is 26.4 Å². The molecule has 1 heterocycles. The van der Waals surface area contributed by atoms with Crippen LogP contribution >= 0.6 is 0 Å². The molecule has 0 aromatic rings. The Bertz CT molecular complexity index is 1690. The van der Waals surface area contributed by atoms with Crippen molar-refractivity contribution in [1.82, 2.24) is 0 Å². The molecule has 4 aliphatic carbocycles. The van der Waals surface area contributed by atoms with E-state index < -0.39 is 165 Å². The maximum atomic E-state index is 12.7. The molecule has 21 atom stereocenters. The first kappa shape index (κ1) is 55.7. The molecule has 0 amide bonds. The van der Waals surface area contributed by atoms with Gasteiger partial charge in [0, 0.05) is 19.6 Å². The third-order valence-corrected chi connectivity index (χ3v) is 15.7. The number of rotatable bonds is 24. The van der Waals surface area contributed by atoms with Crippen LogP contribution in [0.25, 0.3) is 0 Å². The van der Waals surface area contributed by atoms with Gasteiger partial charge in [0.15, 0.2) is 17.8 Å². The number of carboxylic acids is 1. The van der Waals surface area contributed by atoms with E-state index in [2.05, 4.69) is 13.5 Å². The summed E-state index contributed by atoms with van der Waals surface area (Å²) in [5.41, 5.74) is -2.52. The molecule has 18 unspecified atom stereocenters. The topological polar surface area (TPSA) is 407 Å². The van der Waals surface area contributed by atoms with Gasteiger partial charge in [-0.3, -0.25) is 4.79 Å². The van der Waals surface area contributed by atoms with Crippen molar-refractivity contribution in [2.24, 2.45) is 28.1 Å². The van der Waals surface area contributed by atoms with Crippen LogP contribution in [0, 0.1) is 28.1 Å². The molecule has 17 N–H and O–H groups in total. The second-order valence-electron chi connectivity index (χ2n) is 19.8. The molecule has 1 saturated heterocycles. The maximum Gasteiger partial charge on any atom is 0.309 e. The summed E-state index contributed by atoms with van der Waals surface area (Å²) in [5.74, 6) is -2.97. The number of aliphatic hydroxyl groups is 16. The first-order chi connectivity index (χ1) is 31.4. The minimum absolute atomic E-state index is 0.0316. The highest BCUT2D eigenvalue weighted by Gasteiger charge is 2.68. The number of aliphatic carboxylic acids is 1. The number of hydrogen-bond acceptors (Lipinski definition) is 22. The number of fused-ring (bicyclic) bond motifs is 3. The lowest BCUT2D eigenvalue weighted by Crippen LogP contribution is -2.60. The monoisotopic (exact) mass is 970 g/mol. The summed E-state index contributed by atoms with van der Waals surface area (Å²) in [6, 6.07) is 0. The van der Waals surface area contributed by atoms with Gasteiger partial charge in [-0.2, -0.15) is 0 Å². The molecule has 1 aliphatic heterocycles. The van der Waals surface area contributed by atoms with E-state index in [0.717, 1.165) is 12.8 Å². The molecule has 1 spiro atoms. The molecule has 5 fully saturated rings. The average Bonchev–Trinajstić information content (AvgIpc) is 3.48. The minimum Gasteiger partial charge on any atom is -0.481 e. The van der Waals surface area contributed by atoms with E-state index >= 15 is 0 Å². The SMILES string of the molecule is C=C1CC23CCC4[C@](C)(C(=O)O)CCC[C@@]4(C)[C@@H]2CCC1(OC(O)/C(OC1OC(CO)C(O)C(O)C1O)=C(/OC(O)C(O)C(O)C(O)CCO)C(O)CCOC(O)C(O)C(O)C(O)CCO)C3. The summed E-state index contributed by atoms with van der Waals surface area (Å²) in [4.78, 5) is 12.7. The van der Waals surface area contributed by atoms with E-state index in [-0.39, 0.29) is 30.1 Å². The normalized spacial score (nSPS) is 39.0. The van der Waals surface area contributed by atoms with Crippen LogP contribution in [0.5, 0.6) is 0 Å². The Morgan fingerprint density at radius 1 is 0.746 bits per heavy atom. The molecular weight excluding hydrogens is 896 g/mol. The van der Waals surface area contributed by atoms with Crippen molar-refractivity contribution < 1.29 is 115 Å². The highest BCUT2D eigenvalue weighted by Crippen LogP contribution is 2.73. The van der Waals surface area contributed by atoms with E-state index in [4.69, 9.17) is 28.8 Å². The van der Waals surface area contributed by atoms with Crippen LogP contribution in [0.3, 0.4) is 0 Å². The van der Waals surface area contributed by atoms with Gasteiger partial charge in [0.25, 0.3) is 0 Å². The summed E-state index contributed by atoms with van der Waals surface area (Å²) >= 11 is 0. The summed E-state index contributed by atoms with van der Waals surface area (Å²) in [6.45, 7) is 5.40. The van der Waals surface area contributed by atoms with Gasteiger partial charge in [0.1, 0.15) is 54.9 Å². The van der Waals surface area contributed by atoms with Crippen molar-refractivity contribution in [1.29, 1.82) is 0 Å². The molecule has 0 aromatic heterocycles. The molecule has 23 nitrogen and oxygen atoms in total. The summed E-state index contributed by atoms with van der Waals surface area (Å²) in [7, 11) is 0. The Balaban J connectivity index is 1.53. The van der Waals surface area contributed by atoms with E-state index in [1.165, 1.54) is 0 Å². The predicted molar refractivity (Wildman–Crippen MR) is 225 cm³/mol. The van der Waals surface area contributed by atoms with Crippen molar-refractivity contribution in [2.45, 2.75) is 189 Å². The number of carbonyl (C=O) groups is 1. The van der Waals surface area contributed by atoms with Crippen LogP contribution in [0.15, 0.2) is 23.7 Å². The minimum atomic E-state index is -2.62. The fraction of sp³-hybridized carbons (Fsp3) is 0.886. The zero-order chi connectivity index (χ0) is 50.0. The lowest BCUT2D eigenvalue weighted by molar-refractivity contribution is -0.304. The maximum absolute atomic E-state index is 12.7.